The zero-order valence-electron chi connectivity index (χ0n) is 29.9. The van der Waals surface area contributed by atoms with Crippen molar-refractivity contribution < 1.29 is 0 Å². The van der Waals surface area contributed by atoms with Crippen molar-refractivity contribution in [2.45, 2.75) is 68.6 Å². The lowest BCUT2D eigenvalue weighted by Gasteiger charge is -2.61. The molecular formula is C51H45N. The largest absolute Gasteiger partial charge is 0.310 e. The summed E-state index contributed by atoms with van der Waals surface area (Å²) in [6, 6.07) is 53.9. The lowest BCUT2D eigenvalue weighted by Crippen LogP contribution is -2.55. The van der Waals surface area contributed by atoms with Crippen LogP contribution in [0.3, 0.4) is 0 Å². The molecule has 1 heteroatoms. The fraction of sp³-hybridized carbons (Fsp3) is 0.294. The average molecular weight is 672 g/mol. The molecule has 6 aromatic carbocycles. The fourth-order valence-corrected chi connectivity index (χ4v) is 13.3. The smallest absolute Gasteiger partial charge is 0.0468 e. The van der Waals surface area contributed by atoms with E-state index >= 15 is 0 Å². The van der Waals surface area contributed by atoms with Crippen molar-refractivity contribution >= 4 is 17.1 Å². The standard InChI is InChI=1S/C51H45N/c1-2-10-35(11-3-1)36-16-18-39(19-17-36)52(40-20-22-47-44(31-40)42-12-4-6-14-46(42)50(47)24-8-9-25-50)41-21-23-49-45(32-41)43-13-5-7-15-48(43)51(49)37-27-33-26-34(29-37)30-38(51)28-33/h1-7,10-23,31-34,37-38H,8-9,24-30H2. The first kappa shape index (κ1) is 29.7. The minimum atomic E-state index is 0.177. The lowest BCUT2D eigenvalue weighted by molar-refractivity contribution is -0.0399. The van der Waals surface area contributed by atoms with Gasteiger partial charge >= 0.3 is 0 Å². The molecule has 1 nitrogen and oxygen atoms in total. The summed E-state index contributed by atoms with van der Waals surface area (Å²) in [7, 11) is 0. The molecule has 5 saturated carbocycles. The van der Waals surface area contributed by atoms with Crippen LogP contribution in [-0.4, -0.2) is 0 Å². The van der Waals surface area contributed by atoms with Gasteiger partial charge in [-0.15, -0.1) is 0 Å². The maximum Gasteiger partial charge on any atom is 0.0468 e. The summed E-state index contributed by atoms with van der Waals surface area (Å²) in [4.78, 5) is 2.54. The van der Waals surface area contributed by atoms with E-state index in [9.17, 15) is 0 Å². The van der Waals surface area contributed by atoms with Gasteiger partial charge in [0.1, 0.15) is 0 Å². The van der Waals surface area contributed by atoms with Crippen molar-refractivity contribution in [3.8, 4) is 33.4 Å². The lowest BCUT2D eigenvalue weighted by atomic mass is 9.43. The minimum absolute atomic E-state index is 0.177. The van der Waals surface area contributed by atoms with E-state index in [1.807, 2.05) is 0 Å². The molecule has 5 fully saturated rings. The van der Waals surface area contributed by atoms with Gasteiger partial charge in [0.2, 0.25) is 0 Å². The van der Waals surface area contributed by atoms with E-state index in [4.69, 9.17) is 0 Å². The Hall–Kier alpha value is -4.88. The van der Waals surface area contributed by atoms with Crippen LogP contribution in [0, 0.1) is 23.7 Å². The number of rotatable bonds is 4. The molecule has 0 heterocycles. The van der Waals surface area contributed by atoms with Gasteiger partial charge in [-0.25, -0.2) is 0 Å². The summed E-state index contributed by atoms with van der Waals surface area (Å²) in [5, 5.41) is 0. The van der Waals surface area contributed by atoms with Crippen molar-refractivity contribution in [3.63, 3.8) is 0 Å². The van der Waals surface area contributed by atoms with Crippen LogP contribution in [0.1, 0.15) is 80.0 Å². The zero-order valence-corrected chi connectivity index (χ0v) is 29.9. The van der Waals surface area contributed by atoms with Crippen LogP contribution in [-0.2, 0) is 10.8 Å². The summed E-state index contributed by atoms with van der Waals surface area (Å²) in [6.45, 7) is 0. The molecule has 7 aliphatic carbocycles. The summed E-state index contributed by atoms with van der Waals surface area (Å²) in [6.07, 6.45) is 12.3. The number of hydrogen-bond donors (Lipinski definition) is 0. The molecule has 254 valence electrons. The van der Waals surface area contributed by atoms with Gasteiger partial charge in [0, 0.05) is 27.9 Å². The third kappa shape index (κ3) is 3.90. The highest BCUT2D eigenvalue weighted by Crippen LogP contribution is 2.69. The third-order valence-electron chi connectivity index (χ3n) is 15.0. The number of fused-ring (bicyclic) bond motifs is 8. The average Bonchev–Trinajstić information content (AvgIpc) is 3.87. The van der Waals surface area contributed by atoms with Crippen molar-refractivity contribution in [2.24, 2.45) is 23.7 Å². The van der Waals surface area contributed by atoms with Gasteiger partial charge in [0.15, 0.2) is 0 Å². The van der Waals surface area contributed by atoms with Crippen LogP contribution in [0.25, 0.3) is 33.4 Å². The topological polar surface area (TPSA) is 3.24 Å². The monoisotopic (exact) mass is 671 g/mol. The number of nitrogens with zero attached hydrogens (tertiary/aromatic N) is 1. The predicted octanol–water partition coefficient (Wildman–Crippen LogP) is 13.4. The molecule has 0 aliphatic heterocycles. The van der Waals surface area contributed by atoms with Crippen molar-refractivity contribution in [1.29, 1.82) is 0 Å². The van der Waals surface area contributed by atoms with Crippen LogP contribution in [0.15, 0.2) is 140 Å². The maximum absolute atomic E-state index is 2.58. The molecule has 4 bridgehead atoms. The van der Waals surface area contributed by atoms with E-state index in [0.717, 1.165) is 23.7 Å². The third-order valence-corrected chi connectivity index (χ3v) is 15.0. The van der Waals surface area contributed by atoms with Crippen LogP contribution in [0.2, 0.25) is 0 Å². The first-order valence-corrected chi connectivity index (χ1v) is 20.2. The highest BCUT2D eigenvalue weighted by atomic mass is 15.1. The number of benzene rings is 6. The normalized spacial score (nSPS) is 26.4. The Morgan fingerprint density at radius 2 is 0.885 bits per heavy atom. The summed E-state index contributed by atoms with van der Waals surface area (Å²) >= 11 is 0. The van der Waals surface area contributed by atoms with Gasteiger partial charge in [-0.1, -0.05) is 116 Å². The molecule has 0 amide bonds. The summed E-state index contributed by atoms with van der Waals surface area (Å²) in [5.41, 5.74) is 18.7. The summed E-state index contributed by atoms with van der Waals surface area (Å²) in [5.74, 6) is 3.45. The molecule has 0 atom stereocenters. The quantitative estimate of drug-likeness (QED) is 0.180. The molecule has 2 spiro atoms. The van der Waals surface area contributed by atoms with Gasteiger partial charge in [-0.05, 0) is 161 Å². The molecule has 7 aliphatic rings. The number of anilines is 3. The van der Waals surface area contributed by atoms with Crippen LogP contribution < -0.4 is 4.90 Å². The molecule has 0 unspecified atom stereocenters. The van der Waals surface area contributed by atoms with Crippen molar-refractivity contribution in [3.05, 3.63) is 162 Å². The molecule has 6 aromatic rings. The van der Waals surface area contributed by atoms with E-state index < -0.39 is 0 Å². The van der Waals surface area contributed by atoms with Crippen molar-refractivity contribution in [2.75, 3.05) is 4.90 Å². The predicted molar refractivity (Wildman–Crippen MR) is 215 cm³/mol. The maximum atomic E-state index is 2.58. The zero-order chi connectivity index (χ0) is 34.0. The molecule has 0 radical (unpaired) electrons. The van der Waals surface area contributed by atoms with E-state index in [1.54, 1.807) is 22.3 Å². The Kier molecular flexibility index (Phi) is 6.18. The Morgan fingerprint density at radius 3 is 1.56 bits per heavy atom. The highest BCUT2D eigenvalue weighted by molar-refractivity contribution is 5.90. The molecular weight excluding hydrogens is 627 g/mol. The highest BCUT2D eigenvalue weighted by Gasteiger charge is 2.61. The van der Waals surface area contributed by atoms with Gasteiger partial charge < -0.3 is 4.90 Å². The Balaban J connectivity index is 1.04. The van der Waals surface area contributed by atoms with Crippen molar-refractivity contribution in [1.82, 2.24) is 0 Å². The van der Waals surface area contributed by atoms with E-state index in [2.05, 4.69) is 144 Å². The van der Waals surface area contributed by atoms with Crippen LogP contribution in [0.5, 0.6) is 0 Å². The molecule has 52 heavy (non-hydrogen) atoms. The SMILES string of the molecule is c1ccc(-c2ccc(N(c3ccc4c(c3)-c3ccccc3C43CCCC3)c3ccc4c(c3)-c3ccccc3C43C4CC5CC(C4)CC3C5)cc2)cc1. The van der Waals surface area contributed by atoms with Crippen LogP contribution in [0.4, 0.5) is 17.1 Å². The Morgan fingerprint density at radius 1 is 0.404 bits per heavy atom. The summed E-state index contributed by atoms with van der Waals surface area (Å²) < 4.78 is 0. The van der Waals surface area contributed by atoms with E-state index in [1.165, 1.54) is 108 Å². The first-order valence-electron chi connectivity index (χ1n) is 20.2. The second-order valence-electron chi connectivity index (χ2n) is 17.3. The Bertz CT molecular complexity index is 2350. The Labute approximate surface area is 308 Å². The molecule has 13 rings (SSSR count). The first-order chi connectivity index (χ1) is 25.7. The second-order valence-corrected chi connectivity index (χ2v) is 17.3. The molecule has 0 N–H and O–H groups in total. The van der Waals surface area contributed by atoms with E-state index in [-0.39, 0.29) is 10.8 Å². The number of hydrogen-bond acceptors (Lipinski definition) is 1. The fourth-order valence-electron chi connectivity index (χ4n) is 13.3. The van der Waals surface area contributed by atoms with Gasteiger partial charge in [0.05, 0.1) is 0 Å². The molecule has 0 saturated heterocycles. The van der Waals surface area contributed by atoms with Gasteiger partial charge in [-0.3, -0.25) is 0 Å². The second kappa shape index (κ2) is 10.8. The van der Waals surface area contributed by atoms with Gasteiger partial charge in [0.25, 0.3) is 0 Å². The molecule has 0 aromatic heterocycles. The van der Waals surface area contributed by atoms with E-state index in [0.29, 0.717) is 0 Å². The van der Waals surface area contributed by atoms with Crippen LogP contribution >= 0.6 is 0 Å². The minimum Gasteiger partial charge on any atom is -0.310 e. The van der Waals surface area contributed by atoms with Gasteiger partial charge in [-0.2, -0.15) is 0 Å².